The molecule has 1 aromatic rings. The number of alkyl halides is 3. The van der Waals surface area contributed by atoms with Crippen molar-refractivity contribution in [3.63, 3.8) is 0 Å². The van der Waals surface area contributed by atoms with Gasteiger partial charge in [0.05, 0.1) is 18.8 Å². The SMILES string of the molecule is CCOP(=O)(/C=C(/c1ccc(Cl)cc1)C(F)(F)F)OCC. The molecule has 3 nitrogen and oxygen atoms in total. The summed E-state index contributed by atoms with van der Waals surface area (Å²) in [7, 11) is -3.96. The van der Waals surface area contributed by atoms with Crippen molar-refractivity contribution in [1.82, 2.24) is 0 Å². The summed E-state index contributed by atoms with van der Waals surface area (Å²) >= 11 is 5.66. The van der Waals surface area contributed by atoms with E-state index in [9.17, 15) is 17.7 Å². The van der Waals surface area contributed by atoms with Crippen molar-refractivity contribution in [1.29, 1.82) is 0 Å². The van der Waals surface area contributed by atoms with Crippen LogP contribution in [0.15, 0.2) is 30.1 Å². The van der Waals surface area contributed by atoms with Gasteiger partial charge in [-0.1, -0.05) is 23.7 Å². The molecule has 0 saturated heterocycles. The first kappa shape index (κ1) is 18.2. The third-order valence-corrected chi connectivity index (χ3v) is 4.43. The summed E-state index contributed by atoms with van der Waals surface area (Å²) < 4.78 is 61.6. The second kappa shape index (κ2) is 7.45. The van der Waals surface area contributed by atoms with E-state index in [0.29, 0.717) is 10.8 Å². The van der Waals surface area contributed by atoms with E-state index in [1.807, 2.05) is 0 Å². The van der Waals surface area contributed by atoms with Gasteiger partial charge in [-0.3, -0.25) is 4.57 Å². The van der Waals surface area contributed by atoms with Gasteiger partial charge in [-0.25, -0.2) is 0 Å². The molecule has 0 bridgehead atoms. The molecular weight excluding hydrogens is 328 g/mol. The molecule has 0 radical (unpaired) electrons. The summed E-state index contributed by atoms with van der Waals surface area (Å²) in [5.74, 6) is 0.517. The average Bonchev–Trinajstić information content (AvgIpc) is 2.37. The Hall–Kier alpha value is -0.810. The van der Waals surface area contributed by atoms with E-state index >= 15 is 0 Å². The third kappa shape index (κ3) is 5.47. The predicted molar refractivity (Wildman–Crippen MR) is 76.3 cm³/mol. The Morgan fingerprint density at radius 2 is 1.67 bits per heavy atom. The van der Waals surface area contributed by atoms with Crippen LogP contribution in [0.25, 0.3) is 5.57 Å². The molecule has 0 aliphatic rings. The van der Waals surface area contributed by atoms with Gasteiger partial charge in [-0.05, 0) is 31.5 Å². The molecule has 0 fully saturated rings. The summed E-state index contributed by atoms with van der Waals surface area (Å²) in [6.07, 6.45) is -4.70. The number of benzene rings is 1. The van der Waals surface area contributed by atoms with E-state index in [0.717, 1.165) is 0 Å². The largest absolute Gasteiger partial charge is 0.417 e. The molecule has 0 spiro atoms. The fourth-order valence-electron chi connectivity index (χ4n) is 1.57. The molecule has 1 aromatic carbocycles. The minimum absolute atomic E-state index is 0.0282. The van der Waals surface area contributed by atoms with Crippen LogP contribution in [0.2, 0.25) is 5.02 Å². The van der Waals surface area contributed by atoms with Crippen LogP contribution in [0.3, 0.4) is 0 Å². The number of hydrogen-bond acceptors (Lipinski definition) is 3. The Morgan fingerprint density at radius 1 is 1.19 bits per heavy atom. The Kier molecular flexibility index (Phi) is 6.47. The molecule has 0 atom stereocenters. The minimum Gasteiger partial charge on any atom is -0.306 e. The van der Waals surface area contributed by atoms with Crippen molar-refractivity contribution in [3.05, 3.63) is 40.7 Å². The van der Waals surface area contributed by atoms with Crippen LogP contribution < -0.4 is 0 Å². The van der Waals surface area contributed by atoms with Gasteiger partial charge < -0.3 is 9.05 Å². The lowest BCUT2D eigenvalue weighted by Crippen LogP contribution is -2.11. The Balaban J connectivity index is 3.33. The smallest absolute Gasteiger partial charge is 0.306 e. The van der Waals surface area contributed by atoms with Crippen molar-refractivity contribution in [2.45, 2.75) is 20.0 Å². The van der Waals surface area contributed by atoms with Gasteiger partial charge in [0, 0.05) is 10.8 Å². The summed E-state index contributed by atoms with van der Waals surface area (Å²) in [5, 5.41) is 0.304. The van der Waals surface area contributed by atoms with Gasteiger partial charge in [0.15, 0.2) is 0 Å². The lowest BCUT2D eigenvalue weighted by atomic mass is 10.1. The van der Waals surface area contributed by atoms with E-state index in [1.165, 1.54) is 38.1 Å². The highest BCUT2D eigenvalue weighted by atomic mass is 35.5. The Labute approximate surface area is 126 Å². The van der Waals surface area contributed by atoms with Crippen molar-refractivity contribution in [2.24, 2.45) is 0 Å². The summed E-state index contributed by atoms with van der Waals surface area (Å²) in [5.41, 5.74) is -1.24. The van der Waals surface area contributed by atoms with E-state index in [-0.39, 0.29) is 18.8 Å². The highest BCUT2D eigenvalue weighted by Gasteiger charge is 2.38. The molecule has 8 heteroatoms. The molecule has 1 rings (SSSR count). The minimum atomic E-state index is -4.70. The maximum absolute atomic E-state index is 13.2. The highest BCUT2D eigenvalue weighted by Crippen LogP contribution is 2.53. The van der Waals surface area contributed by atoms with Crippen LogP contribution in [0.1, 0.15) is 19.4 Å². The van der Waals surface area contributed by atoms with E-state index in [4.69, 9.17) is 20.6 Å². The summed E-state index contributed by atoms with van der Waals surface area (Å²) in [6.45, 7) is 2.99. The molecule has 0 unspecified atom stereocenters. The maximum Gasteiger partial charge on any atom is 0.417 e. The molecule has 118 valence electrons. The average molecular weight is 343 g/mol. The number of allylic oxidation sites excluding steroid dienone is 1. The highest BCUT2D eigenvalue weighted by molar-refractivity contribution is 7.57. The lowest BCUT2D eigenvalue weighted by molar-refractivity contribution is -0.0689. The zero-order valence-corrected chi connectivity index (χ0v) is 13.1. The Morgan fingerprint density at radius 3 is 2.05 bits per heavy atom. The van der Waals surface area contributed by atoms with Crippen LogP contribution in [-0.4, -0.2) is 19.4 Å². The molecule has 0 aromatic heterocycles. The molecule has 0 amide bonds. The number of halogens is 4. The van der Waals surface area contributed by atoms with Crippen molar-refractivity contribution in [3.8, 4) is 0 Å². The quantitative estimate of drug-likeness (QED) is 0.639. The second-order valence-corrected chi connectivity index (χ2v) is 6.21. The third-order valence-electron chi connectivity index (χ3n) is 2.37. The van der Waals surface area contributed by atoms with Crippen LogP contribution in [0.4, 0.5) is 13.2 Å². The normalized spacial score (nSPS) is 13.5. The molecule has 0 N–H and O–H groups in total. The lowest BCUT2D eigenvalue weighted by Gasteiger charge is -2.17. The molecule has 21 heavy (non-hydrogen) atoms. The van der Waals surface area contributed by atoms with Gasteiger partial charge in [0.25, 0.3) is 0 Å². The molecule has 0 heterocycles. The first-order valence-electron chi connectivity index (χ1n) is 6.16. The number of rotatable bonds is 6. The molecule has 0 aliphatic carbocycles. The van der Waals surface area contributed by atoms with Gasteiger partial charge in [0.1, 0.15) is 0 Å². The van der Waals surface area contributed by atoms with Crippen molar-refractivity contribution >= 4 is 24.8 Å². The fraction of sp³-hybridized carbons (Fsp3) is 0.385. The van der Waals surface area contributed by atoms with Crippen LogP contribution in [-0.2, 0) is 13.6 Å². The molecule has 0 aliphatic heterocycles. The van der Waals surface area contributed by atoms with Gasteiger partial charge in [-0.15, -0.1) is 0 Å². The number of hydrogen-bond donors (Lipinski definition) is 0. The molecular formula is C13H15ClF3O3P. The van der Waals surface area contributed by atoms with Crippen LogP contribution in [0, 0.1) is 0 Å². The monoisotopic (exact) mass is 342 g/mol. The Bertz CT molecular complexity index is 531. The van der Waals surface area contributed by atoms with Crippen LogP contribution >= 0.6 is 19.2 Å². The van der Waals surface area contributed by atoms with Crippen molar-refractivity contribution in [2.75, 3.05) is 13.2 Å². The zero-order chi connectivity index (χ0) is 16.1. The zero-order valence-electron chi connectivity index (χ0n) is 11.5. The first-order valence-corrected chi connectivity index (χ1v) is 8.15. The fourth-order valence-corrected chi connectivity index (χ4v) is 3.25. The van der Waals surface area contributed by atoms with E-state index < -0.39 is 19.3 Å². The van der Waals surface area contributed by atoms with Gasteiger partial charge >= 0.3 is 13.8 Å². The summed E-state index contributed by atoms with van der Waals surface area (Å²) in [6, 6.07) is 5.04. The maximum atomic E-state index is 13.2. The second-order valence-electron chi connectivity index (χ2n) is 3.92. The predicted octanol–water partition coefficient (Wildman–Crippen LogP) is 5.51. The first-order chi connectivity index (χ1) is 9.72. The van der Waals surface area contributed by atoms with Gasteiger partial charge in [-0.2, -0.15) is 13.2 Å². The topological polar surface area (TPSA) is 35.5 Å². The summed E-state index contributed by atoms with van der Waals surface area (Å²) in [4.78, 5) is 0. The molecule has 0 saturated carbocycles. The van der Waals surface area contributed by atoms with E-state index in [1.54, 1.807) is 0 Å². The van der Waals surface area contributed by atoms with E-state index in [2.05, 4.69) is 0 Å². The van der Waals surface area contributed by atoms with Crippen molar-refractivity contribution < 1.29 is 26.8 Å². The van der Waals surface area contributed by atoms with Gasteiger partial charge in [0.2, 0.25) is 0 Å². The van der Waals surface area contributed by atoms with Crippen LogP contribution in [0.5, 0.6) is 0 Å². The standard InChI is InChI=1S/C13H15ClF3O3P/c1-3-19-21(18,20-4-2)9-12(13(15,16)17)10-5-7-11(14)8-6-10/h5-9H,3-4H2,1-2H3/b12-9-.